The maximum absolute atomic E-state index is 12.9. The van der Waals surface area contributed by atoms with Crippen molar-refractivity contribution < 1.29 is 28.3 Å². The third-order valence-corrected chi connectivity index (χ3v) is 5.32. The van der Waals surface area contributed by atoms with Crippen molar-refractivity contribution in [3.63, 3.8) is 0 Å². The van der Waals surface area contributed by atoms with Gasteiger partial charge in [0.05, 0.1) is 19.3 Å². The summed E-state index contributed by atoms with van der Waals surface area (Å²) in [5.41, 5.74) is 9.30. The third kappa shape index (κ3) is 7.07. The molecule has 0 radical (unpaired) electrons. The van der Waals surface area contributed by atoms with Crippen LogP contribution in [0.25, 0.3) is 0 Å². The molecule has 1 aliphatic heterocycles. The van der Waals surface area contributed by atoms with Crippen LogP contribution in [-0.4, -0.2) is 66.7 Å². The second-order valence-corrected chi connectivity index (χ2v) is 7.75. The summed E-state index contributed by atoms with van der Waals surface area (Å²) in [6.45, 7) is 4.22. The van der Waals surface area contributed by atoms with Gasteiger partial charge in [0.2, 0.25) is 0 Å². The summed E-state index contributed by atoms with van der Waals surface area (Å²) in [7, 11) is 0. The van der Waals surface area contributed by atoms with Crippen LogP contribution in [-0.2, 0) is 16.1 Å². The van der Waals surface area contributed by atoms with E-state index in [2.05, 4.69) is 22.1 Å². The Hall–Kier alpha value is -3.36. The molecule has 2 atom stereocenters. The predicted octanol–water partition coefficient (Wildman–Crippen LogP) is 1.11. The monoisotopic (exact) mass is 472 g/mol. The maximum Gasteiger partial charge on any atom is 0.267 e. The summed E-state index contributed by atoms with van der Waals surface area (Å²) in [5, 5.41) is 10.8. The molecule has 1 unspecified atom stereocenters. The molecule has 180 valence electrons. The van der Waals surface area contributed by atoms with Crippen LogP contribution in [0.4, 0.5) is 8.78 Å². The van der Waals surface area contributed by atoms with E-state index in [4.69, 9.17) is 15.7 Å². The van der Waals surface area contributed by atoms with Crippen LogP contribution in [0, 0.1) is 11.8 Å². The molecule has 3 rings (SSSR count). The summed E-state index contributed by atoms with van der Waals surface area (Å²) in [4.78, 5) is 26.3. The summed E-state index contributed by atoms with van der Waals surface area (Å²) >= 11 is 0. The van der Waals surface area contributed by atoms with Gasteiger partial charge in [-0.3, -0.25) is 19.7 Å². The fraction of sp³-hybridized carbons (Fsp3) is 0.333. The highest BCUT2D eigenvalue weighted by Crippen LogP contribution is 2.10. The number of benzene rings is 2. The first-order valence-corrected chi connectivity index (χ1v) is 10.7. The van der Waals surface area contributed by atoms with Crippen LogP contribution in [0.5, 0.6) is 0 Å². The molecule has 34 heavy (non-hydrogen) atoms. The number of ether oxygens (including phenoxy) is 1. The molecular formula is C24H26F2N4O4. The first-order chi connectivity index (χ1) is 16.4. The van der Waals surface area contributed by atoms with Crippen molar-refractivity contribution in [3.05, 3.63) is 70.8 Å². The van der Waals surface area contributed by atoms with Gasteiger partial charge in [0, 0.05) is 36.3 Å². The van der Waals surface area contributed by atoms with E-state index < -0.39 is 30.3 Å². The Balaban J connectivity index is 1.60. The lowest BCUT2D eigenvalue weighted by atomic mass is 10.1. The Morgan fingerprint density at radius 3 is 2.12 bits per heavy atom. The number of halogens is 2. The predicted molar refractivity (Wildman–Crippen MR) is 120 cm³/mol. The molecule has 0 bridgehead atoms. The molecule has 0 aromatic heterocycles. The van der Waals surface area contributed by atoms with E-state index >= 15 is 0 Å². The van der Waals surface area contributed by atoms with Crippen molar-refractivity contribution in [1.29, 1.82) is 0 Å². The summed E-state index contributed by atoms with van der Waals surface area (Å²) < 4.78 is 31.1. The van der Waals surface area contributed by atoms with Gasteiger partial charge in [-0.1, -0.05) is 24.0 Å². The van der Waals surface area contributed by atoms with Crippen molar-refractivity contribution in [3.8, 4) is 11.8 Å². The molecule has 8 nitrogen and oxygen atoms in total. The van der Waals surface area contributed by atoms with Crippen molar-refractivity contribution in [2.24, 2.45) is 5.73 Å². The Morgan fingerprint density at radius 2 is 1.59 bits per heavy atom. The summed E-state index contributed by atoms with van der Waals surface area (Å²) in [6, 6.07) is 10.3. The van der Waals surface area contributed by atoms with Gasteiger partial charge in [-0.25, -0.2) is 14.3 Å². The zero-order chi connectivity index (χ0) is 24.5. The number of hydrogen-bond donors (Lipinski definition) is 4. The van der Waals surface area contributed by atoms with Crippen molar-refractivity contribution >= 4 is 11.8 Å². The van der Waals surface area contributed by atoms with E-state index in [1.54, 1.807) is 12.1 Å². The molecule has 2 amide bonds. The van der Waals surface area contributed by atoms with Crippen LogP contribution >= 0.6 is 0 Å². The highest BCUT2D eigenvalue weighted by atomic mass is 19.3. The number of alkyl halides is 2. The van der Waals surface area contributed by atoms with Crippen molar-refractivity contribution in [2.45, 2.75) is 25.1 Å². The van der Waals surface area contributed by atoms with Gasteiger partial charge in [0.25, 0.3) is 18.2 Å². The summed E-state index contributed by atoms with van der Waals surface area (Å²) in [6.07, 6.45) is -3.08. The van der Waals surface area contributed by atoms with Gasteiger partial charge >= 0.3 is 0 Å². The molecule has 0 aliphatic carbocycles. The van der Waals surface area contributed by atoms with E-state index in [9.17, 15) is 18.4 Å². The first-order valence-electron chi connectivity index (χ1n) is 10.7. The number of rotatable bonds is 7. The maximum atomic E-state index is 12.9. The minimum absolute atomic E-state index is 0.121. The molecule has 1 heterocycles. The fourth-order valence-electron chi connectivity index (χ4n) is 3.34. The van der Waals surface area contributed by atoms with Gasteiger partial charge in [-0.2, -0.15) is 0 Å². The number of amides is 2. The van der Waals surface area contributed by atoms with E-state index in [1.165, 1.54) is 23.2 Å². The molecular weight excluding hydrogens is 446 g/mol. The van der Waals surface area contributed by atoms with Crippen LogP contribution in [0.15, 0.2) is 48.5 Å². The molecule has 2 aromatic carbocycles. The van der Waals surface area contributed by atoms with E-state index in [0.29, 0.717) is 5.56 Å². The second kappa shape index (κ2) is 12.2. The lowest BCUT2D eigenvalue weighted by Crippen LogP contribution is -2.58. The molecule has 2 aromatic rings. The Labute approximate surface area is 196 Å². The van der Waals surface area contributed by atoms with E-state index in [1.807, 2.05) is 24.3 Å². The zero-order valence-electron chi connectivity index (χ0n) is 18.3. The van der Waals surface area contributed by atoms with Crippen molar-refractivity contribution in [2.75, 3.05) is 26.3 Å². The number of carbonyl (C=O) groups is 2. The average Bonchev–Trinajstić information content (AvgIpc) is 2.86. The number of nitrogens with one attached hydrogen (secondary N) is 2. The van der Waals surface area contributed by atoms with Crippen LogP contribution in [0.1, 0.15) is 27.0 Å². The van der Waals surface area contributed by atoms with Gasteiger partial charge in [0.1, 0.15) is 6.04 Å². The minimum Gasteiger partial charge on any atom is -0.379 e. The second-order valence-electron chi connectivity index (χ2n) is 7.75. The lowest BCUT2D eigenvalue weighted by molar-refractivity contribution is -0.132. The zero-order valence-corrected chi connectivity index (χ0v) is 18.3. The molecule has 1 saturated heterocycles. The SMILES string of the molecule is NC(C(F)F)[C@H](NC(=O)c1ccc(C#Cc2ccc(CN3CCOCC3)cc2)cc1)C(=O)NO. The number of hydroxylamine groups is 1. The van der Waals surface area contributed by atoms with E-state index in [0.717, 1.165) is 38.4 Å². The fourth-order valence-corrected chi connectivity index (χ4v) is 3.34. The number of carbonyl (C=O) groups excluding carboxylic acids is 2. The van der Waals surface area contributed by atoms with Gasteiger partial charge in [-0.15, -0.1) is 0 Å². The first kappa shape index (κ1) is 25.3. The lowest BCUT2D eigenvalue weighted by Gasteiger charge is -2.26. The van der Waals surface area contributed by atoms with E-state index in [-0.39, 0.29) is 5.56 Å². The molecule has 10 heteroatoms. The Bertz CT molecular complexity index is 1030. The largest absolute Gasteiger partial charge is 0.379 e. The highest BCUT2D eigenvalue weighted by molar-refractivity contribution is 5.97. The minimum atomic E-state index is -3.08. The molecule has 1 fully saturated rings. The van der Waals surface area contributed by atoms with Crippen LogP contribution in [0.2, 0.25) is 0 Å². The number of morpholine rings is 1. The van der Waals surface area contributed by atoms with Crippen LogP contribution < -0.4 is 16.5 Å². The quantitative estimate of drug-likeness (QED) is 0.273. The Morgan fingerprint density at radius 1 is 1.03 bits per heavy atom. The van der Waals surface area contributed by atoms with Gasteiger partial charge in [0.15, 0.2) is 0 Å². The smallest absolute Gasteiger partial charge is 0.267 e. The summed E-state index contributed by atoms with van der Waals surface area (Å²) in [5.74, 6) is 4.03. The van der Waals surface area contributed by atoms with Crippen LogP contribution in [0.3, 0.4) is 0 Å². The van der Waals surface area contributed by atoms with Crippen molar-refractivity contribution in [1.82, 2.24) is 15.7 Å². The molecule has 5 N–H and O–H groups in total. The van der Waals surface area contributed by atoms with Gasteiger partial charge < -0.3 is 15.8 Å². The third-order valence-electron chi connectivity index (χ3n) is 5.32. The number of hydrogen-bond acceptors (Lipinski definition) is 6. The standard InChI is InChI=1S/C24H26F2N4O4/c25-22(26)20(27)21(24(32)29-33)28-23(31)19-9-7-17(8-10-19)2-1-16-3-5-18(6-4-16)15-30-11-13-34-14-12-30/h3-10,20-22,33H,11-15,27H2,(H,28,31)(H,29,32)/t20?,21-/m0/s1. The molecule has 0 spiro atoms. The topological polar surface area (TPSA) is 117 Å². The number of nitrogens with two attached hydrogens (primary N) is 1. The normalized spacial score (nSPS) is 15.7. The highest BCUT2D eigenvalue weighted by Gasteiger charge is 2.33. The molecule has 1 aliphatic rings. The number of nitrogens with zero attached hydrogens (tertiary/aromatic N) is 1. The molecule has 0 saturated carbocycles. The Kier molecular flexibility index (Phi) is 9.07. The van der Waals surface area contributed by atoms with Gasteiger partial charge in [-0.05, 0) is 42.0 Å². The average molecular weight is 472 g/mol.